The third-order valence-corrected chi connectivity index (χ3v) is 11.0. The predicted molar refractivity (Wildman–Crippen MR) is 224 cm³/mol. The van der Waals surface area contributed by atoms with Crippen LogP contribution in [0.4, 0.5) is 0 Å². The first-order chi connectivity index (χ1) is 27.2. The van der Waals surface area contributed by atoms with Crippen LogP contribution in [0, 0.1) is 22.7 Å². The van der Waals surface area contributed by atoms with Crippen LogP contribution < -0.4 is 0 Å². The van der Waals surface area contributed by atoms with Crippen LogP contribution in [0.1, 0.15) is 11.1 Å². The van der Waals surface area contributed by atoms with Gasteiger partial charge in [0.15, 0.2) is 0 Å². The minimum Gasteiger partial charge on any atom is -0.309 e. The summed E-state index contributed by atoms with van der Waals surface area (Å²) in [6.07, 6.45) is 0. The first-order valence-corrected chi connectivity index (χ1v) is 18.3. The molecule has 0 atom stereocenters. The van der Waals surface area contributed by atoms with Crippen LogP contribution in [0.3, 0.4) is 0 Å². The van der Waals surface area contributed by atoms with E-state index in [0.717, 1.165) is 88.2 Å². The standard InChI is InChI=1S/C50H29N5/c51-30-32-20-23-46-42(26-32)40-17-5-6-18-44(40)54(46)37-14-8-10-34(28-37)35-11-9-15-38(29-35)55-45-19-7-4-16-39(45)41-22-25-48-49(50(41)55)43-27-33(31-52)21-24-47(43)53(48)36-12-2-1-3-13-36/h1-29H. The van der Waals surface area contributed by atoms with E-state index >= 15 is 0 Å². The largest absolute Gasteiger partial charge is 0.309 e. The van der Waals surface area contributed by atoms with Gasteiger partial charge in [0.25, 0.3) is 0 Å². The van der Waals surface area contributed by atoms with Crippen molar-refractivity contribution in [2.45, 2.75) is 0 Å². The molecule has 0 aliphatic rings. The van der Waals surface area contributed by atoms with Crippen molar-refractivity contribution in [3.63, 3.8) is 0 Å². The van der Waals surface area contributed by atoms with E-state index < -0.39 is 0 Å². The van der Waals surface area contributed by atoms with Crippen molar-refractivity contribution in [3.8, 4) is 40.3 Å². The number of hydrogen-bond donors (Lipinski definition) is 0. The van der Waals surface area contributed by atoms with Crippen molar-refractivity contribution >= 4 is 65.4 Å². The minimum atomic E-state index is 0.634. The van der Waals surface area contributed by atoms with Crippen LogP contribution in [0.5, 0.6) is 0 Å². The number of hydrogen-bond acceptors (Lipinski definition) is 2. The molecule has 55 heavy (non-hydrogen) atoms. The first kappa shape index (κ1) is 30.7. The molecule has 0 bridgehead atoms. The summed E-state index contributed by atoms with van der Waals surface area (Å²) in [6.45, 7) is 0. The number of nitriles is 2. The second-order valence-corrected chi connectivity index (χ2v) is 14.0. The Hall–Kier alpha value is -7.86. The van der Waals surface area contributed by atoms with E-state index in [1.807, 2.05) is 30.3 Å². The third-order valence-electron chi connectivity index (χ3n) is 11.0. The molecule has 11 rings (SSSR count). The van der Waals surface area contributed by atoms with Crippen molar-refractivity contribution in [2.24, 2.45) is 0 Å². The maximum atomic E-state index is 10.0. The SMILES string of the molecule is N#Cc1ccc2c(c1)c1ccccc1n2-c1cccc(-c2cccc(-n3c4ccccc4c4ccc5c(c6cc(C#N)ccc6n5-c5ccccc5)c43)c2)c1. The van der Waals surface area contributed by atoms with Crippen LogP contribution in [-0.2, 0) is 0 Å². The van der Waals surface area contributed by atoms with Crippen molar-refractivity contribution in [1.29, 1.82) is 10.5 Å². The fraction of sp³-hybridized carbons (Fsp3) is 0. The highest BCUT2D eigenvalue weighted by atomic mass is 15.0. The normalized spacial score (nSPS) is 11.6. The van der Waals surface area contributed by atoms with Crippen LogP contribution in [0.25, 0.3) is 93.6 Å². The van der Waals surface area contributed by atoms with Gasteiger partial charge in [-0.2, -0.15) is 10.5 Å². The Labute approximate surface area is 316 Å². The summed E-state index contributed by atoms with van der Waals surface area (Å²) in [4.78, 5) is 0. The molecule has 0 N–H and O–H groups in total. The first-order valence-electron chi connectivity index (χ1n) is 18.3. The van der Waals surface area contributed by atoms with E-state index in [1.165, 1.54) is 5.39 Å². The maximum absolute atomic E-state index is 10.0. The van der Waals surface area contributed by atoms with Gasteiger partial charge < -0.3 is 13.7 Å². The molecular weight excluding hydrogens is 671 g/mol. The molecule has 0 fully saturated rings. The van der Waals surface area contributed by atoms with Crippen LogP contribution in [0.15, 0.2) is 176 Å². The van der Waals surface area contributed by atoms with Crippen LogP contribution in [-0.4, -0.2) is 13.7 Å². The molecule has 0 saturated carbocycles. The molecule has 5 heteroatoms. The van der Waals surface area contributed by atoms with Crippen LogP contribution in [0.2, 0.25) is 0 Å². The summed E-state index contributed by atoms with van der Waals surface area (Å²) >= 11 is 0. The number of para-hydroxylation sites is 3. The molecule has 0 spiro atoms. The Morgan fingerprint density at radius 2 is 0.818 bits per heavy atom. The van der Waals surface area contributed by atoms with E-state index in [1.54, 1.807) is 0 Å². The Kier molecular flexibility index (Phi) is 6.61. The van der Waals surface area contributed by atoms with Crippen molar-refractivity contribution < 1.29 is 0 Å². The zero-order valence-corrected chi connectivity index (χ0v) is 29.5. The van der Waals surface area contributed by atoms with Crippen LogP contribution >= 0.6 is 0 Å². The molecule has 3 heterocycles. The maximum Gasteiger partial charge on any atom is 0.0991 e. The smallest absolute Gasteiger partial charge is 0.0991 e. The summed E-state index contributed by atoms with van der Waals surface area (Å²) in [7, 11) is 0. The van der Waals surface area contributed by atoms with Gasteiger partial charge in [-0.05, 0) is 102 Å². The van der Waals surface area contributed by atoms with E-state index in [4.69, 9.17) is 0 Å². The fourth-order valence-corrected chi connectivity index (χ4v) is 8.72. The number of aromatic nitrogens is 3. The highest BCUT2D eigenvalue weighted by Gasteiger charge is 2.21. The molecule has 11 aromatic rings. The van der Waals surface area contributed by atoms with Gasteiger partial charge in [-0.1, -0.05) is 84.9 Å². The summed E-state index contributed by atoms with van der Waals surface area (Å²) in [6, 6.07) is 66.1. The zero-order valence-electron chi connectivity index (χ0n) is 29.5. The van der Waals surface area contributed by atoms with Crippen molar-refractivity contribution in [1.82, 2.24) is 13.7 Å². The molecule has 8 aromatic carbocycles. The quantitative estimate of drug-likeness (QED) is 0.184. The number of rotatable bonds is 4. The number of benzene rings is 8. The topological polar surface area (TPSA) is 62.4 Å². The van der Waals surface area contributed by atoms with Gasteiger partial charge in [0.2, 0.25) is 0 Å². The van der Waals surface area contributed by atoms with E-state index in [2.05, 4.69) is 171 Å². The predicted octanol–water partition coefficient (Wildman–Crippen LogP) is 12.4. The Balaban J connectivity index is 1.16. The molecule has 3 aromatic heterocycles. The van der Waals surface area contributed by atoms with Crippen molar-refractivity contribution in [3.05, 3.63) is 187 Å². The molecule has 0 aliphatic carbocycles. The van der Waals surface area contributed by atoms with Gasteiger partial charge in [-0.15, -0.1) is 0 Å². The second-order valence-electron chi connectivity index (χ2n) is 14.0. The summed E-state index contributed by atoms with van der Waals surface area (Å²) in [5, 5.41) is 26.4. The van der Waals surface area contributed by atoms with Gasteiger partial charge in [-0.3, -0.25) is 0 Å². The van der Waals surface area contributed by atoms with Gasteiger partial charge >= 0.3 is 0 Å². The van der Waals surface area contributed by atoms with E-state index in [-0.39, 0.29) is 0 Å². The fourth-order valence-electron chi connectivity index (χ4n) is 8.72. The molecule has 0 radical (unpaired) electrons. The van der Waals surface area contributed by atoms with Gasteiger partial charge in [0.1, 0.15) is 0 Å². The monoisotopic (exact) mass is 699 g/mol. The third kappa shape index (κ3) is 4.51. The molecule has 254 valence electrons. The minimum absolute atomic E-state index is 0.634. The number of nitrogens with zero attached hydrogens (tertiary/aromatic N) is 5. The Morgan fingerprint density at radius 3 is 1.49 bits per heavy atom. The summed E-state index contributed by atoms with van der Waals surface area (Å²) in [5.74, 6) is 0. The average molecular weight is 700 g/mol. The Bertz CT molecular complexity index is 3450. The Morgan fingerprint density at radius 1 is 0.327 bits per heavy atom. The molecule has 0 aliphatic heterocycles. The van der Waals surface area contributed by atoms with Crippen molar-refractivity contribution in [2.75, 3.05) is 0 Å². The lowest BCUT2D eigenvalue weighted by atomic mass is 10.0. The highest BCUT2D eigenvalue weighted by molar-refractivity contribution is 6.26. The highest BCUT2D eigenvalue weighted by Crippen LogP contribution is 2.43. The van der Waals surface area contributed by atoms with E-state index in [0.29, 0.717) is 11.1 Å². The lowest BCUT2D eigenvalue weighted by Crippen LogP contribution is -1.96. The van der Waals surface area contributed by atoms with Gasteiger partial charge in [0.05, 0.1) is 56.4 Å². The zero-order chi connectivity index (χ0) is 36.6. The molecule has 0 unspecified atom stereocenters. The molecule has 0 amide bonds. The second kappa shape index (κ2) is 11.8. The average Bonchev–Trinajstić information content (AvgIpc) is 3.89. The van der Waals surface area contributed by atoms with Gasteiger partial charge in [0, 0.05) is 49.4 Å². The molecule has 5 nitrogen and oxygen atoms in total. The molecule has 0 saturated heterocycles. The number of fused-ring (bicyclic) bond motifs is 10. The summed E-state index contributed by atoms with van der Waals surface area (Å²) in [5.41, 5.74) is 13.2. The lowest BCUT2D eigenvalue weighted by Gasteiger charge is -2.13. The van der Waals surface area contributed by atoms with E-state index in [9.17, 15) is 10.5 Å². The lowest BCUT2D eigenvalue weighted by molar-refractivity contribution is 1.17. The van der Waals surface area contributed by atoms with Gasteiger partial charge in [-0.25, -0.2) is 0 Å². The molecular formula is C50H29N5. The summed E-state index contributed by atoms with van der Waals surface area (Å²) < 4.78 is 7.00.